The highest BCUT2D eigenvalue weighted by Gasteiger charge is 2.04. The van der Waals surface area contributed by atoms with Crippen molar-refractivity contribution in [2.75, 3.05) is 5.32 Å². The van der Waals surface area contributed by atoms with Gasteiger partial charge in [-0.15, -0.1) is 0 Å². The Kier molecular flexibility index (Phi) is 5.59. The molecule has 1 unspecified atom stereocenters. The van der Waals surface area contributed by atoms with E-state index in [-0.39, 0.29) is 0 Å². The maximum absolute atomic E-state index is 5.88. The molecule has 0 saturated heterocycles. The van der Waals surface area contributed by atoms with Crippen molar-refractivity contribution in [1.82, 2.24) is 15.1 Å². The molecular weight excluding hydrogens is 304 g/mol. The second-order valence-corrected chi connectivity index (χ2v) is 5.81. The van der Waals surface area contributed by atoms with Crippen molar-refractivity contribution in [3.63, 3.8) is 0 Å². The minimum Gasteiger partial charge on any atom is -0.360 e. The fraction of sp³-hybridized carbons (Fsp3) is 0.333. The van der Waals surface area contributed by atoms with Crippen LogP contribution in [0.5, 0.6) is 0 Å². The van der Waals surface area contributed by atoms with Crippen LogP contribution in [0.25, 0.3) is 0 Å². The maximum Gasteiger partial charge on any atom is 0.171 e. The molecule has 0 aliphatic heterocycles. The fourth-order valence-electron chi connectivity index (χ4n) is 1.78. The molecule has 1 atom stereocenters. The van der Waals surface area contributed by atoms with Gasteiger partial charge in [0.05, 0.1) is 18.4 Å². The molecule has 0 aliphatic carbocycles. The van der Waals surface area contributed by atoms with Gasteiger partial charge in [0.15, 0.2) is 5.11 Å². The average Bonchev–Trinajstić information content (AvgIpc) is 2.88. The third-order valence-electron chi connectivity index (χ3n) is 3.14. The minimum atomic E-state index is 0.356. The van der Waals surface area contributed by atoms with Gasteiger partial charge in [0.2, 0.25) is 0 Å². The van der Waals surface area contributed by atoms with Crippen LogP contribution in [-0.2, 0) is 6.54 Å². The average molecular weight is 323 g/mol. The molecule has 0 spiro atoms. The number of nitrogens with one attached hydrogen (secondary N) is 2. The summed E-state index contributed by atoms with van der Waals surface area (Å²) in [5.41, 5.74) is 2.03. The summed E-state index contributed by atoms with van der Waals surface area (Å²) in [6.45, 7) is 4.91. The van der Waals surface area contributed by atoms with Crippen LogP contribution in [0, 0.1) is 0 Å². The SMILES string of the molecule is CCC(C)NC(=S)Nc1cnn(Cc2ccc(Cl)cc2)c1. The predicted octanol–water partition coefficient (Wildman–Crippen LogP) is 3.67. The van der Waals surface area contributed by atoms with Gasteiger partial charge in [-0.25, -0.2) is 0 Å². The van der Waals surface area contributed by atoms with Crippen LogP contribution in [-0.4, -0.2) is 20.9 Å². The Morgan fingerprint density at radius 1 is 1.38 bits per heavy atom. The normalized spacial score (nSPS) is 12.0. The van der Waals surface area contributed by atoms with Crippen LogP contribution in [0.1, 0.15) is 25.8 Å². The summed E-state index contributed by atoms with van der Waals surface area (Å²) < 4.78 is 1.86. The molecule has 1 aromatic heterocycles. The molecule has 0 aliphatic rings. The van der Waals surface area contributed by atoms with Crippen molar-refractivity contribution in [3.8, 4) is 0 Å². The lowest BCUT2D eigenvalue weighted by Crippen LogP contribution is -2.35. The molecule has 1 aromatic carbocycles. The third-order valence-corrected chi connectivity index (χ3v) is 3.61. The van der Waals surface area contributed by atoms with E-state index in [1.165, 1.54) is 0 Å². The number of hydrogen-bond donors (Lipinski definition) is 2. The van der Waals surface area contributed by atoms with Crippen LogP contribution in [0.2, 0.25) is 5.02 Å². The van der Waals surface area contributed by atoms with Crippen molar-refractivity contribution in [2.24, 2.45) is 0 Å². The zero-order chi connectivity index (χ0) is 15.2. The van der Waals surface area contributed by atoms with E-state index in [2.05, 4.69) is 29.6 Å². The fourth-order valence-corrected chi connectivity index (χ4v) is 2.23. The number of hydrogen-bond acceptors (Lipinski definition) is 2. The number of thiocarbonyl (C=S) groups is 1. The van der Waals surface area contributed by atoms with Crippen molar-refractivity contribution >= 4 is 34.6 Å². The minimum absolute atomic E-state index is 0.356. The number of anilines is 1. The molecule has 0 bridgehead atoms. The molecule has 0 fully saturated rings. The van der Waals surface area contributed by atoms with E-state index in [0.717, 1.165) is 22.7 Å². The second-order valence-electron chi connectivity index (χ2n) is 4.96. The molecule has 21 heavy (non-hydrogen) atoms. The van der Waals surface area contributed by atoms with Gasteiger partial charge in [0.25, 0.3) is 0 Å². The zero-order valence-electron chi connectivity index (χ0n) is 12.1. The molecule has 2 aromatic rings. The summed E-state index contributed by atoms with van der Waals surface area (Å²) in [6, 6.07) is 8.10. The van der Waals surface area contributed by atoms with Gasteiger partial charge >= 0.3 is 0 Å². The van der Waals surface area contributed by atoms with Crippen LogP contribution in [0.15, 0.2) is 36.7 Å². The van der Waals surface area contributed by atoms with Crippen LogP contribution >= 0.6 is 23.8 Å². The standard InChI is InChI=1S/C15H19ClN4S/c1-3-11(2)18-15(21)19-14-8-17-20(10-14)9-12-4-6-13(16)7-5-12/h4-8,10-11H,3,9H2,1-2H3,(H2,18,19,21). The van der Waals surface area contributed by atoms with Gasteiger partial charge < -0.3 is 10.6 Å². The summed E-state index contributed by atoms with van der Waals surface area (Å²) in [5.74, 6) is 0. The monoisotopic (exact) mass is 322 g/mol. The van der Waals surface area contributed by atoms with Crippen LogP contribution in [0.3, 0.4) is 0 Å². The Hall–Kier alpha value is -1.59. The number of aromatic nitrogens is 2. The van der Waals surface area contributed by atoms with E-state index >= 15 is 0 Å². The summed E-state index contributed by atoms with van der Waals surface area (Å²) in [7, 11) is 0. The maximum atomic E-state index is 5.88. The molecule has 0 amide bonds. The van der Waals surface area contributed by atoms with Gasteiger partial charge in [0.1, 0.15) is 0 Å². The first-order valence-corrected chi connectivity index (χ1v) is 7.70. The number of benzene rings is 1. The molecule has 2 rings (SSSR count). The third kappa shape index (κ3) is 5.02. The Labute approximate surface area is 135 Å². The molecule has 112 valence electrons. The Morgan fingerprint density at radius 3 is 2.76 bits per heavy atom. The summed E-state index contributed by atoms with van der Waals surface area (Å²) in [6.07, 6.45) is 4.72. The zero-order valence-corrected chi connectivity index (χ0v) is 13.7. The van der Waals surface area contributed by atoms with Crippen molar-refractivity contribution < 1.29 is 0 Å². The molecule has 6 heteroatoms. The number of halogens is 1. The lowest BCUT2D eigenvalue weighted by Gasteiger charge is -2.14. The first-order valence-electron chi connectivity index (χ1n) is 6.91. The summed E-state index contributed by atoms with van der Waals surface area (Å²) in [5, 5.41) is 12.0. The number of rotatable bonds is 5. The smallest absolute Gasteiger partial charge is 0.171 e. The first kappa shape index (κ1) is 15.8. The highest BCUT2D eigenvalue weighted by Crippen LogP contribution is 2.12. The molecule has 4 nitrogen and oxygen atoms in total. The lowest BCUT2D eigenvalue weighted by atomic mass is 10.2. The van der Waals surface area contributed by atoms with Crippen LogP contribution < -0.4 is 10.6 Å². The van der Waals surface area contributed by atoms with E-state index in [9.17, 15) is 0 Å². The highest BCUT2D eigenvalue weighted by atomic mass is 35.5. The topological polar surface area (TPSA) is 41.9 Å². The van der Waals surface area contributed by atoms with Crippen molar-refractivity contribution in [3.05, 3.63) is 47.2 Å². The number of nitrogens with zero attached hydrogens (tertiary/aromatic N) is 2. The quantitative estimate of drug-likeness (QED) is 0.824. The lowest BCUT2D eigenvalue weighted by molar-refractivity contribution is 0.646. The Bertz CT molecular complexity index is 594. The Balaban J connectivity index is 1.92. The molecule has 1 heterocycles. The van der Waals surface area contributed by atoms with E-state index in [0.29, 0.717) is 17.7 Å². The molecule has 0 radical (unpaired) electrons. The summed E-state index contributed by atoms with van der Waals surface area (Å²) >= 11 is 11.1. The van der Waals surface area contributed by atoms with E-state index < -0.39 is 0 Å². The van der Waals surface area contributed by atoms with Gasteiger partial charge in [-0.05, 0) is 43.3 Å². The van der Waals surface area contributed by atoms with Crippen molar-refractivity contribution in [2.45, 2.75) is 32.9 Å². The van der Waals surface area contributed by atoms with Gasteiger partial charge in [-0.1, -0.05) is 30.7 Å². The molecule has 0 saturated carbocycles. The highest BCUT2D eigenvalue weighted by molar-refractivity contribution is 7.80. The molecular formula is C15H19ClN4S. The first-order chi connectivity index (χ1) is 10.1. The van der Waals surface area contributed by atoms with E-state index in [1.54, 1.807) is 6.20 Å². The van der Waals surface area contributed by atoms with Gasteiger partial charge in [0, 0.05) is 17.3 Å². The second kappa shape index (κ2) is 7.43. The predicted molar refractivity (Wildman–Crippen MR) is 91.9 cm³/mol. The summed E-state index contributed by atoms with van der Waals surface area (Å²) in [4.78, 5) is 0. The van der Waals surface area contributed by atoms with E-state index in [1.807, 2.05) is 35.1 Å². The largest absolute Gasteiger partial charge is 0.360 e. The molecule has 2 N–H and O–H groups in total. The van der Waals surface area contributed by atoms with Crippen LogP contribution in [0.4, 0.5) is 5.69 Å². The van der Waals surface area contributed by atoms with E-state index in [4.69, 9.17) is 23.8 Å². The van der Waals surface area contributed by atoms with Gasteiger partial charge in [-0.2, -0.15) is 5.10 Å². The Morgan fingerprint density at radius 2 is 2.10 bits per heavy atom. The van der Waals surface area contributed by atoms with Crippen molar-refractivity contribution in [1.29, 1.82) is 0 Å². The van der Waals surface area contributed by atoms with Gasteiger partial charge in [-0.3, -0.25) is 4.68 Å².